The SMILES string of the molecule is Cc1ccoc1C1(N)CC1(C)C. The Hall–Kier alpha value is -0.760. The van der Waals surface area contributed by atoms with Gasteiger partial charge in [-0.2, -0.15) is 0 Å². The Morgan fingerprint density at radius 1 is 1.50 bits per heavy atom. The third-order valence-electron chi connectivity index (χ3n) is 3.07. The van der Waals surface area contributed by atoms with Crippen molar-refractivity contribution in [3.8, 4) is 0 Å². The van der Waals surface area contributed by atoms with Crippen LogP contribution in [0.3, 0.4) is 0 Å². The zero-order valence-corrected chi connectivity index (χ0v) is 7.85. The Balaban J connectivity index is 2.40. The molecule has 1 unspecified atom stereocenters. The molecule has 1 aromatic heterocycles. The molecular formula is C10H15NO. The summed E-state index contributed by atoms with van der Waals surface area (Å²) in [5.74, 6) is 0.965. The van der Waals surface area contributed by atoms with Crippen molar-refractivity contribution in [3.63, 3.8) is 0 Å². The molecule has 1 aliphatic rings. The van der Waals surface area contributed by atoms with Crippen LogP contribution >= 0.6 is 0 Å². The second-order valence-corrected chi connectivity index (χ2v) is 4.46. The van der Waals surface area contributed by atoms with Crippen LogP contribution < -0.4 is 5.73 Å². The Morgan fingerprint density at radius 2 is 2.08 bits per heavy atom. The summed E-state index contributed by atoms with van der Waals surface area (Å²) in [6.45, 7) is 6.39. The van der Waals surface area contributed by atoms with Crippen LogP contribution in [0.25, 0.3) is 0 Å². The van der Waals surface area contributed by atoms with Crippen molar-refractivity contribution < 1.29 is 4.42 Å². The molecule has 1 aliphatic carbocycles. The Morgan fingerprint density at radius 3 is 2.42 bits per heavy atom. The molecule has 2 rings (SSSR count). The predicted molar refractivity (Wildman–Crippen MR) is 47.7 cm³/mol. The summed E-state index contributed by atoms with van der Waals surface area (Å²) in [6, 6.07) is 1.97. The monoisotopic (exact) mass is 165 g/mol. The van der Waals surface area contributed by atoms with Crippen molar-refractivity contribution in [3.05, 3.63) is 23.7 Å². The first-order chi connectivity index (χ1) is 5.47. The summed E-state index contributed by atoms with van der Waals surface area (Å²) in [4.78, 5) is 0. The molecule has 0 radical (unpaired) electrons. The molecule has 1 aromatic rings. The number of nitrogens with two attached hydrogens (primary N) is 1. The van der Waals surface area contributed by atoms with Gasteiger partial charge in [0.05, 0.1) is 11.8 Å². The van der Waals surface area contributed by atoms with E-state index in [1.807, 2.05) is 13.0 Å². The van der Waals surface area contributed by atoms with Crippen LogP contribution in [0.5, 0.6) is 0 Å². The minimum atomic E-state index is -0.208. The molecule has 1 fully saturated rings. The highest BCUT2D eigenvalue weighted by molar-refractivity contribution is 5.33. The van der Waals surface area contributed by atoms with Gasteiger partial charge in [-0.15, -0.1) is 0 Å². The van der Waals surface area contributed by atoms with Gasteiger partial charge >= 0.3 is 0 Å². The number of hydrogen-bond acceptors (Lipinski definition) is 2. The van der Waals surface area contributed by atoms with Gasteiger partial charge in [0, 0.05) is 0 Å². The van der Waals surface area contributed by atoms with Gasteiger partial charge in [0.15, 0.2) is 0 Å². The molecule has 1 atom stereocenters. The van der Waals surface area contributed by atoms with E-state index in [4.69, 9.17) is 10.2 Å². The molecule has 0 aromatic carbocycles. The van der Waals surface area contributed by atoms with Crippen molar-refractivity contribution in [2.45, 2.75) is 32.7 Å². The molecule has 12 heavy (non-hydrogen) atoms. The van der Waals surface area contributed by atoms with E-state index in [0.29, 0.717) is 0 Å². The molecule has 2 heteroatoms. The Labute approximate surface area is 72.7 Å². The standard InChI is InChI=1S/C10H15NO/c1-7-4-5-12-8(7)10(11)6-9(10,2)3/h4-5H,6,11H2,1-3H3. The lowest BCUT2D eigenvalue weighted by Gasteiger charge is -2.12. The number of rotatable bonds is 1. The molecule has 2 nitrogen and oxygen atoms in total. The highest BCUT2D eigenvalue weighted by Crippen LogP contribution is 2.60. The number of hydrogen-bond donors (Lipinski definition) is 1. The van der Waals surface area contributed by atoms with E-state index in [0.717, 1.165) is 12.2 Å². The van der Waals surface area contributed by atoms with Crippen molar-refractivity contribution in [1.29, 1.82) is 0 Å². The van der Waals surface area contributed by atoms with E-state index in [2.05, 4.69) is 13.8 Å². The van der Waals surface area contributed by atoms with E-state index in [1.54, 1.807) is 6.26 Å². The number of aryl methyl sites for hydroxylation is 1. The lowest BCUT2D eigenvalue weighted by molar-refractivity contribution is 0.398. The zero-order chi connectivity index (χ0) is 8.98. The minimum Gasteiger partial charge on any atom is -0.467 e. The summed E-state index contributed by atoms with van der Waals surface area (Å²) in [5, 5.41) is 0. The summed E-state index contributed by atoms with van der Waals surface area (Å²) >= 11 is 0. The molecule has 0 aliphatic heterocycles. The molecule has 0 amide bonds. The van der Waals surface area contributed by atoms with Crippen molar-refractivity contribution in [2.24, 2.45) is 11.1 Å². The second kappa shape index (κ2) is 1.94. The molecule has 1 saturated carbocycles. The lowest BCUT2D eigenvalue weighted by Crippen LogP contribution is -2.25. The maximum absolute atomic E-state index is 6.20. The summed E-state index contributed by atoms with van der Waals surface area (Å²) < 4.78 is 5.40. The first-order valence-corrected chi connectivity index (χ1v) is 4.31. The van der Waals surface area contributed by atoms with Gasteiger partial charge in [0.1, 0.15) is 5.76 Å². The maximum atomic E-state index is 6.20. The van der Waals surface area contributed by atoms with E-state index >= 15 is 0 Å². The van der Waals surface area contributed by atoms with E-state index in [9.17, 15) is 0 Å². The third kappa shape index (κ3) is 0.787. The van der Waals surface area contributed by atoms with Gasteiger partial charge < -0.3 is 10.2 Å². The fourth-order valence-corrected chi connectivity index (χ4v) is 1.87. The molecule has 0 saturated heterocycles. The van der Waals surface area contributed by atoms with Crippen molar-refractivity contribution in [2.75, 3.05) is 0 Å². The Kier molecular flexibility index (Phi) is 1.27. The van der Waals surface area contributed by atoms with Gasteiger partial charge in [-0.05, 0) is 30.4 Å². The molecule has 0 spiro atoms. The normalized spacial score (nSPS) is 32.0. The summed E-state index contributed by atoms with van der Waals surface area (Å²) in [7, 11) is 0. The fourth-order valence-electron chi connectivity index (χ4n) is 1.87. The van der Waals surface area contributed by atoms with Crippen molar-refractivity contribution in [1.82, 2.24) is 0 Å². The van der Waals surface area contributed by atoms with Gasteiger partial charge in [0.25, 0.3) is 0 Å². The van der Waals surface area contributed by atoms with Crippen LogP contribution in [0, 0.1) is 12.3 Å². The minimum absolute atomic E-state index is 0.204. The Bertz CT molecular complexity index is 313. The van der Waals surface area contributed by atoms with Crippen LogP contribution in [0.1, 0.15) is 31.6 Å². The van der Waals surface area contributed by atoms with Gasteiger partial charge in [-0.3, -0.25) is 0 Å². The zero-order valence-electron chi connectivity index (χ0n) is 7.85. The topological polar surface area (TPSA) is 39.2 Å². The van der Waals surface area contributed by atoms with Crippen LogP contribution in [-0.2, 0) is 5.54 Å². The first-order valence-electron chi connectivity index (χ1n) is 4.31. The lowest BCUT2D eigenvalue weighted by atomic mass is 10.0. The van der Waals surface area contributed by atoms with Crippen molar-refractivity contribution >= 4 is 0 Å². The third-order valence-corrected chi connectivity index (χ3v) is 3.07. The highest BCUT2D eigenvalue weighted by Gasteiger charge is 2.62. The summed E-state index contributed by atoms with van der Waals surface area (Å²) in [5.41, 5.74) is 7.36. The van der Waals surface area contributed by atoms with Crippen LogP contribution in [-0.4, -0.2) is 0 Å². The predicted octanol–water partition coefficient (Wildman–Crippen LogP) is 2.17. The van der Waals surface area contributed by atoms with Gasteiger partial charge in [-0.25, -0.2) is 0 Å². The molecular weight excluding hydrogens is 150 g/mol. The maximum Gasteiger partial charge on any atom is 0.127 e. The van der Waals surface area contributed by atoms with E-state index < -0.39 is 0 Å². The first kappa shape index (κ1) is 7.87. The second-order valence-electron chi connectivity index (χ2n) is 4.46. The average Bonchev–Trinajstić information content (AvgIpc) is 2.36. The molecule has 1 heterocycles. The smallest absolute Gasteiger partial charge is 0.127 e. The molecule has 2 N–H and O–H groups in total. The van der Waals surface area contributed by atoms with E-state index in [1.165, 1.54) is 5.56 Å². The highest BCUT2D eigenvalue weighted by atomic mass is 16.3. The quantitative estimate of drug-likeness (QED) is 0.692. The number of furan rings is 1. The average molecular weight is 165 g/mol. The summed E-state index contributed by atoms with van der Waals surface area (Å²) in [6.07, 6.45) is 2.74. The van der Waals surface area contributed by atoms with Crippen LogP contribution in [0.15, 0.2) is 16.7 Å². The van der Waals surface area contributed by atoms with Crippen LogP contribution in [0.4, 0.5) is 0 Å². The molecule has 0 bridgehead atoms. The van der Waals surface area contributed by atoms with Gasteiger partial charge in [-0.1, -0.05) is 13.8 Å². The van der Waals surface area contributed by atoms with Crippen LogP contribution in [0.2, 0.25) is 0 Å². The van der Waals surface area contributed by atoms with E-state index in [-0.39, 0.29) is 11.0 Å². The largest absolute Gasteiger partial charge is 0.467 e. The van der Waals surface area contributed by atoms with Gasteiger partial charge in [0.2, 0.25) is 0 Å². The molecule has 66 valence electrons. The fraction of sp³-hybridized carbons (Fsp3) is 0.600.